The van der Waals surface area contributed by atoms with Gasteiger partial charge in [0.2, 0.25) is 0 Å². The van der Waals surface area contributed by atoms with Crippen molar-refractivity contribution in [2.45, 2.75) is 66.2 Å². The number of carbonyl (C=O) groups excluding carboxylic acids is 2. The van der Waals surface area contributed by atoms with E-state index in [1.807, 2.05) is 27.7 Å². The summed E-state index contributed by atoms with van der Waals surface area (Å²) in [5.74, 6) is 0.264. The predicted octanol–water partition coefficient (Wildman–Crippen LogP) is 4.28. The highest BCUT2D eigenvalue weighted by Crippen LogP contribution is 2.45. The monoisotopic (exact) mass is 336 g/mol. The predicted molar refractivity (Wildman–Crippen MR) is 93.3 cm³/mol. The molecule has 0 N–H and O–H groups in total. The number of rotatable bonds is 8. The Morgan fingerprint density at radius 3 is 1.42 bits per heavy atom. The molecule has 0 aliphatic heterocycles. The lowest BCUT2D eigenvalue weighted by molar-refractivity contribution is -0.148. The van der Waals surface area contributed by atoms with Crippen LogP contribution in [-0.4, -0.2) is 25.2 Å². The number of hydrogen-bond acceptors (Lipinski definition) is 4. The number of ether oxygens (including phenoxy) is 2. The molecule has 0 bridgehead atoms. The lowest BCUT2D eigenvalue weighted by atomic mass is 9.67. The Balaban J connectivity index is 2.25. The molecule has 0 spiro atoms. The third-order valence-corrected chi connectivity index (χ3v) is 4.88. The fraction of sp³-hybridized carbons (Fsp3) is 0.800. The SMILES string of the molecule is CC(C)COC(=O)C(C(=O)OCC(C)C)=C(C1CCC1)C1CCC1. The molecule has 4 nitrogen and oxygen atoms in total. The molecular formula is C20H32O4. The fourth-order valence-electron chi connectivity index (χ4n) is 3.13. The summed E-state index contributed by atoms with van der Waals surface area (Å²) in [4.78, 5) is 25.4. The molecule has 2 rings (SSSR count). The zero-order valence-electron chi connectivity index (χ0n) is 15.6. The molecule has 0 aromatic heterocycles. The van der Waals surface area contributed by atoms with Gasteiger partial charge in [-0.25, -0.2) is 9.59 Å². The van der Waals surface area contributed by atoms with Crippen LogP contribution in [0.3, 0.4) is 0 Å². The van der Waals surface area contributed by atoms with Crippen molar-refractivity contribution < 1.29 is 19.1 Å². The van der Waals surface area contributed by atoms with Gasteiger partial charge in [0.25, 0.3) is 0 Å². The molecule has 0 aromatic rings. The Labute approximate surface area is 146 Å². The number of esters is 2. The highest BCUT2D eigenvalue weighted by atomic mass is 16.6. The first-order valence-electron chi connectivity index (χ1n) is 9.48. The third kappa shape index (κ3) is 4.84. The van der Waals surface area contributed by atoms with Crippen LogP contribution in [0.1, 0.15) is 66.2 Å². The van der Waals surface area contributed by atoms with Gasteiger partial charge in [-0.15, -0.1) is 0 Å². The Morgan fingerprint density at radius 2 is 1.17 bits per heavy atom. The van der Waals surface area contributed by atoms with Gasteiger partial charge in [-0.2, -0.15) is 0 Å². The van der Waals surface area contributed by atoms with E-state index in [4.69, 9.17) is 9.47 Å². The Hall–Kier alpha value is -1.32. The van der Waals surface area contributed by atoms with E-state index in [0.717, 1.165) is 31.3 Å². The van der Waals surface area contributed by atoms with Crippen LogP contribution < -0.4 is 0 Å². The van der Waals surface area contributed by atoms with E-state index in [1.165, 1.54) is 12.8 Å². The average molecular weight is 336 g/mol. The van der Waals surface area contributed by atoms with Crippen LogP contribution in [0.25, 0.3) is 0 Å². The lowest BCUT2D eigenvalue weighted by Gasteiger charge is -2.38. The van der Waals surface area contributed by atoms with Crippen molar-refractivity contribution in [3.8, 4) is 0 Å². The molecule has 4 heteroatoms. The molecule has 0 unspecified atom stereocenters. The molecule has 2 saturated carbocycles. The molecule has 0 saturated heterocycles. The number of carbonyl (C=O) groups is 2. The molecule has 0 atom stereocenters. The summed E-state index contributed by atoms with van der Waals surface area (Å²) < 4.78 is 10.8. The summed E-state index contributed by atoms with van der Waals surface area (Å²) in [6.45, 7) is 8.64. The topological polar surface area (TPSA) is 52.6 Å². The van der Waals surface area contributed by atoms with Gasteiger partial charge in [0.05, 0.1) is 13.2 Å². The molecule has 0 radical (unpaired) electrons. The van der Waals surface area contributed by atoms with Crippen molar-refractivity contribution in [3.63, 3.8) is 0 Å². The van der Waals surface area contributed by atoms with E-state index in [0.29, 0.717) is 25.0 Å². The maximum atomic E-state index is 12.7. The standard InChI is InChI=1S/C20H32O4/c1-13(2)11-23-19(21)18(20(22)24-12-14(3)4)17(15-7-5-8-15)16-9-6-10-16/h13-16H,5-12H2,1-4H3. The minimum Gasteiger partial charge on any atom is -0.462 e. The van der Waals surface area contributed by atoms with E-state index in [2.05, 4.69) is 0 Å². The van der Waals surface area contributed by atoms with Crippen LogP contribution >= 0.6 is 0 Å². The molecule has 2 fully saturated rings. The lowest BCUT2D eigenvalue weighted by Crippen LogP contribution is -2.32. The summed E-state index contributed by atoms with van der Waals surface area (Å²) in [5.41, 5.74) is 1.25. The summed E-state index contributed by atoms with van der Waals surface area (Å²) in [5, 5.41) is 0. The quantitative estimate of drug-likeness (QED) is 0.287. The van der Waals surface area contributed by atoms with Gasteiger partial charge >= 0.3 is 11.9 Å². The van der Waals surface area contributed by atoms with Crippen LogP contribution in [0.4, 0.5) is 0 Å². The van der Waals surface area contributed by atoms with E-state index >= 15 is 0 Å². The molecule has 2 aliphatic rings. The second kappa shape index (κ2) is 8.68. The Morgan fingerprint density at radius 1 is 0.792 bits per heavy atom. The van der Waals surface area contributed by atoms with E-state index in [9.17, 15) is 9.59 Å². The van der Waals surface area contributed by atoms with Crippen molar-refractivity contribution in [3.05, 3.63) is 11.1 Å². The average Bonchev–Trinajstić information content (AvgIpc) is 2.39. The molecular weight excluding hydrogens is 304 g/mol. The van der Waals surface area contributed by atoms with Gasteiger partial charge in [0.15, 0.2) is 0 Å². The molecule has 24 heavy (non-hydrogen) atoms. The van der Waals surface area contributed by atoms with Crippen molar-refractivity contribution in [2.75, 3.05) is 13.2 Å². The van der Waals surface area contributed by atoms with Crippen LogP contribution in [-0.2, 0) is 19.1 Å². The Bertz CT molecular complexity index is 440. The first kappa shape index (κ1) is 19.0. The van der Waals surface area contributed by atoms with Crippen molar-refractivity contribution in [1.82, 2.24) is 0 Å². The molecule has 2 aliphatic carbocycles. The van der Waals surface area contributed by atoms with Gasteiger partial charge < -0.3 is 9.47 Å². The van der Waals surface area contributed by atoms with Crippen LogP contribution in [0.15, 0.2) is 11.1 Å². The van der Waals surface area contributed by atoms with E-state index < -0.39 is 11.9 Å². The smallest absolute Gasteiger partial charge is 0.345 e. The zero-order valence-corrected chi connectivity index (χ0v) is 15.6. The zero-order chi connectivity index (χ0) is 17.7. The summed E-state index contributed by atoms with van der Waals surface area (Å²) in [6.07, 6.45) is 6.65. The molecule has 0 heterocycles. The first-order chi connectivity index (χ1) is 11.4. The molecule has 0 aromatic carbocycles. The normalized spacial score (nSPS) is 18.1. The second-order valence-corrected chi connectivity index (χ2v) is 8.07. The summed E-state index contributed by atoms with van der Waals surface area (Å²) >= 11 is 0. The van der Waals surface area contributed by atoms with Crippen molar-refractivity contribution in [2.24, 2.45) is 23.7 Å². The van der Waals surface area contributed by atoms with Crippen molar-refractivity contribution in [1.29, 1.82) is 0 Å². The van der Waals surface area contributed by atoms with Gasteiger partial charge in [-0.1, -0.05) is 40.5 Å². The largest absolute Gasteiger partial charge is 0.462 e. The minimum atomic E-state index is -0.480. The first-order valence-corrected chi connectivity index (χ1v) is 9.48. The fourth-order valence-corrected chi connectivity index (χ4v) is 3.13. The summed E-state index contributed by atoms with van der Waals surface area (Å²) in [6, 6.07) is 0. The minimum absolute atomic E-state index is 0.214. The number of allylic oxidation sites excluding steroid dienone is 1. The second-order valence-electron chi connectivity index (χ2n) is 8.07. The van der Waals surface area contributed by atoms with Crippen LogP contribution in [0, 0.1) is 23.7 Å². The number of hydrogen-bond donors (Lipinski definition) is 0. The van der Waals surface area contributed by atoms with Crippen LogP contribution in [0.2, 0.25) is 0 Å². The maximum Gasteiger partial charge on any atom is 0.345 e. The van der Waals surface area contributed by atoms with Gasteiger partial charge in [-0.05, 0) is 54.9 Å². The van der Waals surface area contributed by atoms with Crippen molar-refractivity contribution >= 4 is 11.9 Å². The highest BCUT2D eigenvalue weighted by molar-refractivity contribution is 6.15. The summed E-state index contributed by atoms with van der Waals surface area (Å²) in [7, 11) is 0. The third-order valence-electron chi connectivity index (χ3n) is 4.88. The van der Waals surface area contributed by atoms with E-state index in [-0.39, 0.29) is 17.4 Å². The van der Waals surface area contributed by atoms with Gasteiger partial charge in [0.1, 0.15) is 5.57 Å². The highest BCUT2D eigenvalue weighted by Gasteiger charge is 2.38. The van der Waals surface area contributed by atoms with Gasteiger partial charge in [0, 0.05) is 0 Å². The van der Waals surface area contributed by atoms with E-state index in [1.54, 1.807) is 0 Å². The van der Waals surface area contributed by atoms with Crippen LogP contribution in [0.5, 0.6) is 0 Å². The Kier molecular flexibility index (Phi) is 6.88. The molecule has 136 valence electrons. The molecule has 0 amide bonds. The maximum absolute atomic E-state index is 12.7. The van der Waals surface area contributed by atoms with Gasteiger partial charge in [-0.3, -0.25) is 0 Å².